The number of pyridine rings is 1. The highest BCUT2D eigenvalue weighted by molar-refractivity contribution is 9.09. The van der Waals surface area contributed by atoms with E-state index in [-0.39, 0.29) is 21.6 Å². The van der Waals surface area contributed by atoms with Gasteiger partial charge >= 0.3 is 5.97 Å². The van der Waals surface area contributed by atoms with Gasteiger partial charge in [0.15, 0.2) is 0 Å². The van der Waals surface area contributed by atoms with Crippen LogP contribution in [0.5, 0.6) is 0 Å². The highest BCUT2D eigenvalue weighted by Crippen LogP contribution is 2.25. The lowest BCUT2D eigenvalue weighted by molar-refractivity contribution is 0.0339. The quantitative estimate of drug-likeness (QED) is 0.496. The summed E-state index contributed by atoms with van der Waals surface area (Å²) in [5.41, 5.74) is 0.342. The average molecular weight is 325 g/mol. The van der Waals surface area contributed by atoms with E-state index in [0.717, 1.165) is 0 Å². The van der Waals surface area contributed by atoms with Crippen LogP contribution in [0.4, 0.5) is 0 Å². The Morgan fingerprint density at radius 3 is 2.82 bits per heavy atom. The molecule has 0 bridgehead atoms. The molecule has 0 aliphatic carbocycles. The van der Waals surface area contributed by atoms with E-state index in [2.05, 4.69) is 25.7 Å². The van der Waals surface area contributed by atoms with Crippen molar-refractivity contribution >= 4 is 33.5 Å². The van der Waals surface area contributed by atoms with Gasteiger partial charge in [0.1, 0.15) is 11.3 Å². The fraction of sp³-hybridized carbons (Fsp3) is 0.400. The van der Waals surface area contributed by atoms with Gasteiger partial charge in [0.05, 0.1) is 18.8 Å². The van der Waals surface area contributed by atoms with Gasteiger partial charge in [-0.15, -0.1) is 0 Å². The van der Waals surface area contributed by atoms with Crippen molar-refractivity contribution < 1.29 is 19.7 Å². The summed E-state index contributed by atoms with van der Waals surface area (Å²) in [6.45, 7) is 0. The van der Waals surface area contributed by atoms with Crippen molar-refractivity contribution in [3.63, 3.8) is 0 Å². The second kappa shape index (κ2) is 6.30. The summed E-state index contributed by atoms with van der Waals surface area (Å²) in [5.74, 6) is -0.587. The van der Waals surface area contributed by atoms with Gasteiger partial charge in [-0.25, -0.2) is 9.78 Å². The van der Waals surface area contributed by atoms with Crippen LogP contribution in [0.1, 0.15) is 22.0 Å². The van der Waals surface area contributed by atoms with E-state index in [4.69, 9.17) is 11.6 Å². The van der Waals surface area contributed by atoms with Crippen molar-refractivity contribution in [3.8, 4) is 0 Å². The number of hydrogen-bond acceptors (Lipinski definition) is 5. The molecular weight excluding hydrogens is 313 g/mol. The van der Waals surface area contributed by atoms with Gasteiger partial charge in [0.25, 0.3) is 0 Å². The normalized spacial score (nSPS) is 14.2. The van der Waals surface area contributed by atoms with E-state index in [1.807, 2.05) is 0 Å². The first-order valence-electron chi connectivity index (χ1n) is 4.67. The Hall–Kier alpha value is -0.690. The van der Waals surface area contributed by atoms with Crippen molar-refractivity contribution in [1.82, 2.24) is 4.98 Å². The van der Waals surface area contributed by atoms with Gasteiger partial charge in [0.2, 0.25) is 0 Å². The molecular formula is C10H11BrClNO4. The number of alkyl halides is 1. The molecule has 0 aliphatic rings. The van der Waals surface area contributed by atoms with Crippen molar-refractivity contribution in [1.29, 1.82) is 0 Å². The smallest absolute Gasteiger partial charge is 0.339 e. The zero-order chi connectivity index (χ0) is 13.0. The summed E-state index contributed by atoms with van der Waals surface area (Å²) in [7, 11) is 1.24. The third kappa shape index (κ3) is 3.38. The van der Waals surface area contributed by atoms with Crippen molar-refractivity contribution in [2.75, 3.05) is 12.4 Å². The molecule has 1 rings (SSSR count). The lowest BCUT2D eigenvalue weighted by Crippen LogP contribution is -2.20. The Bertz CT molecular complexity index is 415. The minimum Gasteiger partial charge on any atom is -0.465 e. The van der Waals surface area contributed by atoms with Gasteiger partial charge in [-0.3, -0.25) is 0 Å². The maximum atomic E-state index is 11.3. The lowest BCUT2D eigenvalue weighted by Gasteiger charge is -2.17. The molecule has 0 saturated heterocycles. The molecule has 0 fully saturated rings. The van der Waals surface area contributed by atoms with E-state index < -0.39 is 18.2 Å². The topological polar surface area (TPSA) is 79.7 Å². The number of aliphatic hydroxyl groups is 2. The van der Waals surface area contributed by atoms with Crippen LogP contribution >= 0.6 is 27.5 Å². The highest BCUT2D eigenvalue weighted by Gasteiger charge is 2.22. The molecule has 0 spiro atoms. The third-order valence-electron chi connectivity index (χ3n) is 2.13. The maximum Gasteiger partial charge on any atom is 0.339 e. The molecule has 2 atom stereocenters. The fourth-order valence-electron chi connectivity index (χ4n) is 1.19. The molecule has 7 heteroatoms. The summed E-state index contributed by atoms with van der Waals surface area (Å²) >= 11 is 8.82. The number of hydrogen-bond donors (Lipinski definition) is 2. The maximum absolute atomic E-state index is 11.3. The van der Waals surface area contributed by atoms with Crippen LogP contribution in [0.2, 0.25) is 5.15 Å². The zero-order valence-corrected chi connectivity index (χ0v) is 11.3. The van der Waals surface area contributed by atoms with Crippen molar-refractivity contribution in [2.24, 2.45) is 0 Å². The molecule has 17 heavy (non-hydrogen) atoms. The molecule has 1 heterocycles. The SMILES string of the molecule is COC(=O)c1cnc(Cl)c(C(O)C(O)CBr)c1. The van der Waals surface area contributed by atoms with E-state index in [1.54, 1.807) is 0 Å². The number of ether oxygens (including phenoxy) is 1. The standard InChI is InChI=1S/C10H11BrClNO4/c1-17-10(16)5-2-6(9(12)13-4-5)8(15)7(14)3-11/h2,4,7-8,14-15H,3H2,1H3. The van der Waals surface area contributed by atoms with Crippen LogP contribution in [0, 0.1) is 0 Å². The summed E-state index contributed by atoms with van der Waals surface area (Å²) < 4.78 is 4.52. The summed E-state index contributed by atoms with van der Waals surface area (Å²) in [6, 6.07) is 1.34. The first-order valence-corrected chi connectivity index (χ1v) is 6.17. The lowest BCUT2D eigenvalue weighted by atomic mass is 10.1. The minimum absolute atomic E-state index is 0.0325. The molecule has 0 aromatic carbocycles. The number of halogens is 2. The molecule has 0 aliphatic heterocycles. The third-order valence-corrected chi connectivity index (χ3v) is 3.11. The number of esters is 1. The summed E-state index contributed by atoms with van der Waals surface area (Å²) in [5, 5.41) is 19.5. The molecule has 5 nitrogen and oxygen atoms in total. The first-order chi connectivity index (χ1) is 8.01. The number of nitrogens with zero attached hydrogens (tertiary/aromatic N) is 1. The van der Waals surface area contributed by atoms with Crippen LogP contribution in [0.15, 0.2) is 12.3 Å². The Labute approximate surface area is 112 Å². The van der Waals surface area contributed by atoms with Crippen LogP contribution in [0.3, 0.4) is 0 Å². The van der Waals surface area contributed by atoms with E-state index >= 15 is 0 Å². The second-order valence-corrected chi connectivity index (χ2v) is 4.27. The molecule has 1 aromatic heterocycles. The Kier molecular flexibility index (Phi) is 5.32. The number of carbonyl (C=O) groups is 1. The van der Waals surface area contributed by atoms with Crippen LogP contribution in [-0.2, 0) is 4.74 Å². The summed E-state index contributed by atoms with van der Waals surface area (Å²) in [6.07, 6.45) is -1.02. The van der Waals surface area contributed by atoms with Crippen molar-refractivity contribution in [2.45, 2.75) is 12.2 Å². The largest absolute Gasteiger partial charge is 0.465 e. The summed E-state index contributed by atoms with van der Waals surface area (Å²) in [4.78, 5) is 15.0. The Morgan fingerprint density at radius 1 is 1.65 bits per heavy atom. The molecule has 0 amide bonds. The van der Waals surface area contributed by atoms with Gasteiger partial charge in [0, 0.05) is 17.1 Å². The number of aromatic nitrogens is 1. The molecule has 2 N–H and O–H groups in total. The molecule has 2 unspecified atom stereocenters. The monoisotopic (exact) mass is 323 g/mol. The molecule has 0 saturated carbocycles. The van der Waals surface area contributed by atoms with E-state index in [9.17, 15) is 15.0 Å². The number of rotatable bonds is 4. The fourth-order valence-corrected chi connectivity index (χ4v) is 1.76. The zero-order valence-electron chi connectivity index (χ0n) is 8.93. The molecule has 94 valence electrons. The average Bonchev–Trinajstić information content (AvgIpc) is 2.36. The highest BCUT2D eigenvalue weighted by atomic mass is 79.9. The predicted molar refractivity (Wildman–Crippen MR) is 65.3 cm³/mol. The van der Waals surface area contributed by atoms with Gasteiger partial charge < -0.3 is 14.9 Å². The molecule has 0 radical (unpaired) electrons. The van der Waals surface area contributed by atoms with Gasteiger partial charge in [-0.1, -0.05) is 27.5 Å². The second-order valence-electron chi connectivity index (χ2n) is 3.26. The van der Waals surface area contributed by atoms with Gasteiger partial charge in [-0.05, 0) is 6.07 Å². The Morgan fingerprint density at radius 2 is 2.29 bits per heavy atom. The number of methoxy groups -OCH3 is 1. The Balaban J connectivity index is 3.10. The van der Waals surface area contributed by atoms with E-state index in [0.29, 0.717) is 0 Å². The predicted octanol–water partition coefficient (Wildman–Crippen LogP) is 1.31. The van der Waals surface area contributed by atoms with Crippen LogP contribution in [-0.4, -0.2) is 39.7 Å². The van der Waals surface area contributed by atoms with E-state index in [1.165, 1.54) is 19.4 Å². The van der Waals surface area contributed by atoms with Crippen LogP contribution in [0.25, 0.3) is 0 Å². The minimum atomic E-state index is -1.22. The molecule has 1 aromatic rings. The van der Waals surface area contributed by atoms with Crippen LogP contribution < -0.4 is 0 Å². The number of carbonyl (C=O) groups excluding carboxylic acids is 1. The number of aliphatic hydroxyl groups excluding tert-OH is 2. The first kappa shape index (κ1) is 14.4. The van der Waals surface area contributed by atoms with Crippen molar-refractivity contribution in [3.05, 3.63) is 28.5 Å². The van der Waals surface area contributed by atoms with Gasteiger partial charge in [-0.2, -0.15) is 0 Å².